The molecule has 1 N–H and O–H groups in total. The molecule has 0 aromatic heterocycles. The fourth-order valence-corrected chi connectivity index (χ4v) is 2.42. The molecule has 2 aromatic carbocycles. The van der Waals surface area contributed by atoms with Crippen LogP contribution in [0.5, 0.6) is 11.5 Å². The van der Waals surface area contributed by atoms with Gasteiger partial charge >= 0.3 is 5.97 Å². The molecule has 0 aliphatic carbocycles. The lowest BCUT2D eigenvalue weighted by atomic mass is 10.1. The van der Waals surface area contributed by atoms with Crippen LogP contribution in [0.3, 0.4) is 0 Å². The van der Waals surface area contributed by atoms with Gasteiger partial charge in [0.1, 0.15) is 0 Å². The van der Waals surface area contributed by atoms with Gasteiger partial charge in [-0.2, -0.15) is 0 Å². The molecule has 1 amide bonds. The Balaban J connectivity index is 2.01. The van der Waals surface area contributed by atoms with Crippen molar-refractivity contribution in [2.75, 3.05) is 19.0 Å². The molecule has 2 aromatic rings. The molecule has 2 rings (SSSR count). The second kappa shape index (κ2) is 9.62. The molecule has 0 fully saturated rings. The van der Waals surface area contributed by atoms with E-state index in [1.54, 1.807) is 18.2 Å². The number of hydrogen-bond acceptors (Lipinski definition) is 5. The molecule has 0 heterocycles. The van der Waals surface area contributed by atoms with Gasteiger partial charge in [-0.05, 0) is 56.2 Å². The molecule has 0 aliphatic heterocycles. The lowest BCUT2D eigenvalue weighted by Gasteiger charge is -2.15. The van der Waals surface area contributed by atoms with Crippen molar-refractivity contribution < 1.29 is 23.8 Å². The summed E-state index contributed by atoms with van der Waals surface area (Å²) in [6.45, 7) is 5.86. The Labute approximate surface area is 159 Å². The number of benzene rings is 2. The Morgan fingerprint density at radius 3 is 2.33 bits per heavy atom. The van der Waals surface area contributed by atoms with E-state index in [1.807, 2.05) is 31.2 Å². The molecule has 0 aliphatic rings. The minimum absolute atomic E-state index is 0.284. The van der Waals surface area contributed by atoms with Gasteiger partial charge < -0.3 is 19.5 Å². The quantitative estimate of drug-likeness (QED) is 0.714. The van der Waals surface area contributed by atoms with Crippen LogP contribution in [0.2, 0.25) is 0 Å². The van der Waals surface area contributed by atoms with Gasteiger partial charge in [-0.15, -0.1) is 0 Å². The minimum atomic E-state index is -0.944. The number of amides is 1. The molecule has 0 bridgehead atoms. The van der Waals surface area contributed by atoms with Crippen LogP contribution in [0.25, 0.3) is 0 Å². The molecule has 0 saturated carbocycles. The third-order valence-corrected chi connectivity index (χ3v) is 3.98. The molecule has 0 radical (unpaired) electrons. The number of methoxy groups -OCH3 is 1. The van der Waals surface area contributed by atoms with Crippen molar-refractivity contribution in [2.24, 2.45) is 0 Å². The zero-order chi connectivity index (χ0) is 19.8. The van der Waals surface area contributed by atoms with Crippen LogP contribution in [-0.4, -0.2) is 31.7 Å². The molecule has 0 saturated heterocycles. The molecule has 0 unspecified atom stereocenters. The highest BCUT2D eigenvalue weighted by Gasteiger charge is 2.20. The second-order valence-corrected chi connectivity index (χ2v) is 5.89. The molecule has 144 valence electrons. The average Bonchev–Trinajstić information content (AvgIpc) is 2.68. The van der Waals surface area contributed by atoms with E-state index < -0.39 is 18.0 Å². The van der Waals surface area contributed by atoms with Crippen LogP contribution < -0.4 is 14.8 Å². The van der Waals surface area contributed by atoms with Gasteiger partial charge in [-0.1, -0.05) is 19.1 Å². The van der Waals surface area contributed by atoms with Crippen LogP contribution in [0.1, 0.15) is 36.7 Å². The van der Waals surface area contributed by atoms with E-state index in [4.69, 9.17) is 14.2 Å². The topological polar surface area (TPSA) is 73.9 Å². The van der Waals surface area contributed by atoms with E-state index >= 15 is 0 Å². The molecular weight excluding hydrogens is 346 g/mol. The maximum atomic E-state index is 12.4. The van der Waals surface area contributed by atoms with Crippen LogP contribution in [-0.2, 0) is 16.0 Å². The van der Waals surface area contributed by atoms with Gasteiger partial charge in [0.15, 0.2) is 17.6 Å². The Hall–Kier alpha value is -3.02. The lowest BCUT2D eigenvalue weighted by molar-refractivity contribution is -0.123. The highest BCUT2D eigenvalue weighted by Crippen LogP contribution is 2.28. The summed E-state index contributed by atoms with van der Waals surface area (Å²) in [5.74, 6) is -0.0361. The predicted octanol–water partition coefficient (Wildman–Crippen LogP) is 3.84. The Morgan fingerprint density at radius 2 is 1.74 bits per heavy atom. The van der Waals surface area contributed by atoms with Gasteiger partial charge in [0.2, 0.25) is 0 Å². The Morgan fingerprint density at radius 1 is 1.04 bits per heavy atom. The van der Waals surface area contributed by atoms with Crippen LogP contribution in [0, 0.1) is 0 Å². The van der Waals surface area contributed by atoms with Gasteiger partial charge in [0.25, 0.3) is 5.91 Å². The van der Waals surface area contributed by atoms with E-state index in [0.717, 1.165) is 6.42 Å². The number of esters is 1. The van der Waals surface area contributed by atoms with Crippen molar-refractivity contribution in [3.8, 4) is 11.5 Å². The van der Waals surface area contributed by atoms with E-state index in [9.17, 15) is 9.59 Å². The fourth-order valence-electron chi connectivity index (χ4n) is 2.42. The third kappa shape index (κ3) is 5.48. The normalized spacial score (nSPS) is 11.4. The van der Waals surface area contributed by atoms with Crippen molar-refractivity contribution in [1.82, 2.24) is 0 Å². The summed E-state index contributed by atoms with van der Waals surface area (Å²) in [6.07, 6.45) is -0.0191. The second-order valence-electron chi connectivity index (χ2n) is 5.89. The van der Waals surface area contributed by atoms with Crippen molar-refractivity contribution in [3.05, 3.63) is 53.6 Å². The molecule has 0 spiro atoms. The van der Waals surface area contributed by atoms with Gasteiger partial charge in [-0.3, -0.25) is 4.79 Å². The van der Waals surface area contributed by atoms with Gasteiger partial charge in [0, 0.05) is 5.69 Å². The van der Waals surface area contributed by atoms with Gasteiger partial charge in [0.05, 0.1) is 19.3 Å². The standard InChI is InChI=1S/C21H25NO5/c1-5-15-7-10-17(11-8-15)22-20(23)14(3)27-21(24)16-9-12-18(25-4)19(13-16)26-6-2/h7-14H,5-6H2,1-4H3,(H,22,23)/t14-/m0/s1. The first-order valence-electron chi connectivity index (χ1n) is 8.90. The summed E-state index contributed by atoms with van der Waals surface area (Å²) in [4.78, 5) is 24.6. The predicted molar refractivity (Wildman–Crippen MR) is 103 cm³/mol. The van der Waals surface area contributed by atoms with Crippen molar-refractivity contribution in [3.63, 3.8) is 0 Å². The molecular formula is C21H25NO5. The number of carbonyl (C=O) groups is 2. The van der Waals surface area contributed by atoms with Crippen LogP contribution >= 0.6 is 0 Å². The largest absolute Gasteiger partial charge is 0.493 e. The van der Waals surface area contributed by atoms with Crippen molar-refractivity contribution in [1.29, 1.82) is 0 Å². The van der Waals surface area contributed by atoms with E-state index in [2.05, 4.69) is 12.2 Å². The average molecular weight is 371 g/mol. The monoisotopic (exact) mass is 371 g/mol. The number of nitrogens with one attached hydrogen (secondary N) is 1. The Kier molecular flexibility index (Phi) is 7.23. The Bertz CT molecular complexity index is 786. The zero-order valence-corrected chi connectivity index (χ0v) is 16.1. The zero-order valence-electron chi connectivity index (χ0n) is 16.1. The number of anilines is 1. The number of rotatable bonds is 8. The SMILES string of the molecule is CCOc1cc(C(=O)O[C@@H](C)C(=O)Nc2ccc(CC)cc2)ccc1OC. The van der Waals surface area contributed by atoms with E-state index in [1.165, 1.54) is 19.6 Å². The first-order chi connectivity index (χ1) is 13.0. The molecule has 1 atom stereocenters. The maximum absolute atomic E-state index is 12.4. The summed E-state index contributed by atoms with van der Waals surface area (Å²) in [5.41, 5.74) is 2.12. The summed E-state index contributed by atoms with van der Waals surface area (Å²) in [5, 5.41) is 2.74. The number of ether oxygens (including phenoxy) is 3. The summed E-state index contributed by atoms with van der Waals surface area (Å²) >= 11 is 0. The number of aryl methyl sites for hydroxylation is 1. The minimum Gasteiger partial charge on any atom is -0.493 e. The van der Waals surface area contributed by atoms with Crippen LogP contribution in [0.4, 0.5) is 5.69 Å². The first kappa shape index (κ1) is 20.3. The third-order valence-electron chi connectivity index (χ3n) is 3.98. The smallest absolute Gasteiger partial charge is 0.339 e. The maximum Gasteiger partial charge on any atom is 0.339 e. The van der Waals surface area contributed by atoms with Gasteiger partial charge in [-0.25, -0.2) is 4.79 Å². The fraction of sp³-hybridized carbons (Fsp3) is 0.333. The summed E-state index contributed by atoms with van der Waals surface area (Å²) in [6, 6.07) is 12.3. The van der Waals surface area contributed by atoms with Crippen LogP contribution in [0.15, 0.2) is 42.5 Å². The molecule has 6 heteroatoms. The molecule has 6 nitrogen and oxygen atoms in total. The number of carbonyl (C=O) groups excluding carboxylic acids is 2. The van der Waals surface area contributed by atoms with Crippen molar-refractivity contribution in [2.45, 2.75) is 33.3 Å². The first-order valence-corrected chi connectivity index (χ1v) is 8.90. The highest BCUT2D eigenvalue weighted by atomic mass is 16.5. The highest BCUT2D eigenvalue weighted by molar-refractivity contribution is 5.97. The lowest BCUT2D eigenvalue weighted by Crippen LogP contribution is -2.30. The van der Waals surface area contributed by atoms with Crippen molar-refractivity contribution >= 4 is 17.6 Å². The van der Waals surface area contributed by atoms with E-state index in [-0.39, 0.29) is 5.56 Å². The summed E-state index contributed by atoms with van der Waals surface area (Å²) < 4.78 is 15.9. The van der Waals surface area contributed by atoms with E-state index in [0.29, 0.717) is 23.8 Å². The summed E-state index contributed by atoms with van der Waals surface area (Å²) in [7, 11) is 1.52. The number of hydrogen-bond donors (Lipinski definition) is 1. The molecule has 27 heavy (non-hydrogen) atoms.